The van der Waals surface area contributed by atoms with Crippen molar-refractivity contribution in [2.24, 2.45) is 0 Å². The van der Waals surface area contributed by atoms with Gasteiger partial charge < -0.3 is 25.4 Å². The van der Waals surface area contributed by atoms with E-state index in [0.29, 0.717) is 34.3 Å². The van der Waals surface area contributed by atoms with Gasteiger partial charge >= 0.3 is 12.1 Å². The molecule has 0 saturated heterocycles. The molecule has 10 nitrogen and oxygen atoms in total. The van der Waals surface area contributed by atoms with Crippen LogP contribution in [0.4, 0.5) is 21.0 Å². The third-order valence-corrected chi connectivity index (χ3v) is 7.46. The van der Waals surface area contributed by atoms with Crippen LogP contribution in [0.2, 0.25) is 0 Å². The Morgan fingerprint density at radius 1 is 0.913 bits per heavy atom. The first-order valence-corrected chi connectivity index (χ1v) is 15.6. The average Bonchev–Trinajstić information content (AvgIpc) is 2.99. The van der Waals surface area contributed by atoms with E-state index in [9.17, 15) is 14.4 Å². The van der Waals surface area contributed by atoms with Gasteiger partial charge in [0.15, 0.2) is 0 Å². The molecule has 0 atom stereocenters. The molecule has 3 N–H and O–H groups in total. The fourth-order valence-electron chi connectivity index (χ4n) is 5.38. The van der Waals surface area contributed by atoms with Crippen molar-refractivity contribution in [3.05, 3.63) is 82.3 Å². The Kier molecular flexibility index (Phi) is 10.7. The molecule has 0 unspecified atom stereocenters. The van der Waals surface area contributed by atoms with Gasteiger partial charge in [0, 0.05) is 35.9 Å². The zero-order valence-corrected chi connectivity index (χ0v) is 28.0. The minimum absolute atomic E-state index is 0.111. The van der Waals surface area contributed by atoms with Crippen LogP contribution in [0.15, 0.2) is 65.6 Å². The summed E-state index contributed by atoms with van der Waals surface area (Å²) in [6, 6.07) is 16.5. The Balaban J connectivity index is 1.79. The zero-order valence-electron chi connectivity index (χ0n) is 28.0. The lowest BCUT2D eigenvalue weighted by atomic mass is 9.93. The monoisotopic (exact) mass is 627 g/mol. The summed E-state index contributed by atoms with van der Waals surface area (Å²) >= 11 is 0. The van der Waals surface area contributed by atoms with Gasteiger partial charge in [-0.25, -0.2) is 14.6 Å². The van der Waals surface area contributed by atoms with Crippen LogP contribution in [-0.4, -0.2) is 40.9 Å². The van der Waals surface area contributed by atoms with E-state index in [-0.39, 0.29) is 30.6 Å². The van der Waals surface area contributed by atoms with Crippen LogP contribution in [0.25, 0.3) is 22.2 Å². The van der Waals surface area contributed by atoms with Crippen LogP contribution in [0.3, 0.4) is 0 Å². The summed E-state index contributed by atoms with van der Waals surface area (Å²) < 4.78 is 12.3. The molecule has 0 aliphatic rings. The van der Waals surface area contributed by atoms with Crippen LogP contribution in [0.1, 0.15) is 77.8 Å². The summed E-state index contributed by atoms with van der Waals surface area (Å²) in [6.45, 7) is 14.2. The van der Waals surface area contributed by atoms with Gasteiger partial charge in [-0.2, -0.15) is 0 Å². The standard InChI is InChI=1S/C36H45N5O5/c1-22(2)26-15-10-16-27(23(3)4)30(26)39-34(43)40-31-29(24-13-9-14-25(21-24)45-8)28-17-11-18-37-32(28)41(33(31)42)20-12-19-38-35(44)46-36(5,6)7/h9-11,13-18,21-23H,12,19-20H2,1-8H3,(H,38,44)(H2,39,40,43). The minimum atomic E-state index is -0.621. The molecule has 0 fully saturated rings. The summed E-state index contributed by atoms with van der Waals surface area (Å²) in [5, 5.41) is 9.41. The van der Waals surface area contributed by atoms with E-state index in [1.54, 1.807) is 40.1 Å². The second-order valence-electron chi connectivity index (χ2n) is 12.8. The minimum Gasteiger partial charge on any atom is -0.497 e. The van der Waals surface area contributed by atoms with Crippen LogP contribution >= 0.6 is 0 Å². The highest BCUT2D eigenvalue weighted by atomic mass is 16.6. The number of pyridine rings is 2. The topological polar surface area (TPSA) is 124 Å². The molecule has 2 heterocycles. The third kappa shape index (κ3) is 8.04. The fraction of sp³-hybridized carbons (Fsp3) is 0.389. The number of para-hydroxylation sites is 1. The zero-order chi connectivity index (χ0) is 33.6. The molecule has 10 heteroatoms. The highest BCUT2D eigenvalue weighted by Gasteiger charge is 2.23. The molecule has 0 radical (unpaired) electrons. The number of ether oxygens (including phenoxy) is 2. The van der Waals surface area contributed by atoms with Gasteiger partial charge in [0.05, 0.1) is 7.11 Å². The molecule has 0 aliphatic carbocycles. The quantitative estimate of drug-likeness (QED) is 0.154. The average molecular weight is 628 g/mol. The van der Waals surface area contributed by atoms with Crippen molar-refractivity contribution in [2.45, 2.75) is 78.9 Å². The van der Waals surface area contributed by atoms with Gasteiger partial charge in [0.2, 0.25) is 0 Å². The van der Waals surface area contributed by atoms with Gasteiger partial charge in [-0.15, -0.1) is 0 Å². The number of nitrogens with one attached hydrogen (secondary N) is 3. The van der Waals surface area contributed by atoms with Gasteiger partial charge in [-0.05, 0) is 80.0 Å². The largest absolute Gasteiger partial charge is 0.497 e. The highest BCUT2D eigenvalue weighted by Crippen LogP contribution is 2.36. The molecular formula is C36H45N5O5. The lowest BCUT2D eigenvalue weighted by molar-refractivity contribution is 0.0526. The number of alkyl carbamates (subject to hydrolysis) is 1. The maximum absolute atomic E-state index is 14.3. The number of methoxy groups -OCH3 is 1. The van der Waals surface area contributed by atoms with E-state index in [1.807, 2.05) is 48.5 Å². The SMILES string of the molecule is COc1cccc(-c2c(NC(=O)Nc3c(C(C)C)cccc3C(C)C)c(=O)n(CCCNC(=O)OC(C)(C)C)c3ncccc23)c1. The molecule has 0 bridgehead atoms. The number of amides is 3. The second kappa shape index (κ2) is 14.5. The van der Waals surface area contributed by atoms with Crippen molar-refractivity contribution < 1.29 is 19.1 Å². The van der Waals surface area contributed by atoms with Gasteiger partial charge in [0.25, 0.3) is 5.56 Å². The summed E-state index contributed by atoms with van der Waals surface area (Å²) in [6.07, 6.45) is 1.52. The number of rotatable bonds is 10. The van der Waals surface area contributed by atoms with Crippen molar-refractivity contribution in [1.82, 2.24) is 14.9 Å². The molecule has 46 heavy (non-hydrogen) atoms. The maximum atomic E-state index is 14.3. The first-order chi connectivity index (χ1) is 21.8. The van der Waals surface area contributed by atoms with Crippen LogP contribution in [-0.2, 0) is 11.3 Å². The molecule has 244 valence electrons. The third-order valence-electron chi connectivity index (χ3n) is 7.46. The number of anilines is 2. The summed E-state index contributed by atoms with van der Waals surface area (Å²) in [4.78, 5) is 44.9. The van der Waals surface area contributed by atoms with Crippen LogP contribution < -0.4 is 26.2 Å². The predicted octanol–water partition coefficient (Wildman–Crippen LogP) is 7.88. The number of urea groups is 1. The number of carbonyl (C=O) groups is 2. The number of fused-ring (bicyclic) bond motifs is 1. The highest BCUT2D eigenvalue weighted by molar-refractivity contribution is 6.07. The molecule has 4 rings (SSSR count). The Bertz CT molecular complexity index is 1750. The Hall–Kier alpha value is -4.86. The van der Waals surface area contributed by atoms with Gasteiger partial charge in [-0.1, -0.05) is 58.0 Å². The number of aromatic nitrogens is 2. The molecular weight excluding hydrogens is 582 g/mol. The van der Waals surface area contributed by atoms with Crippen molar-refractivity contribution in [2.75, 3.05) is 24.3 Å². The molecule has 4 aromatic rings. The molecule has 2 aromatic carbocycles. The molecule has 2 aromatic heterocycles. The number of aryl methyl sites for hydroxylation is 1. The summed E-state index contributed by atoms with van der Waals surface area (Å²) in [5.41, 5.74) is 3.51. The Labute approximate surface area is 270 Å². The number of nitrogens with zero attached hydrogens (tertiary/aromatic N) is 2. The summed E-state index contributed by atoms with van der Waals surface area (Å²) in [7, 11) is 1.58. The Morgan fingerprint density at radius 3 is 2.20 bits per heavy atom. The smallest absolute Gasteiger partial charge is 0.407 e. The maximum Gasteiger partial charge on any atom is 0.407 e. The molecule has 0 aliphatic heterocycles. The molecule has 3 amide bonds. The van der Waals surface area contributed by atoms with E-state index in [4.69, 9.17) is 9.47 Å². The normalized spacial score (nSPS) is 11.5. The van der Waals surface area contributed by atoms with E-state index in [0.717, 1.165) is 16.8 Å². The molecule has 0 saturated carbocycles. The first kappa shape index (κ1) is 34.0. The predicted molar refractivity (Wildman–Crippen MR) is 184 cm³/mol. The van der Waals surface area contributed by atoms with E-state index in [2.05, 4.69) is 48.6 Å². The Morgan fingerprint density at radius 2 is 1.57 bits per heavy atom. The molecule has 0 spiro atoms. The number of benzene rings is 2. The van der Waals surface area contributed by atoms with E-state index in [1.165, 1.54) is 4.57 Å². The first-order valence-electron chi connectivity index (χ1n) is 15.6. The lowest BCUT2D eigenvalue weighted by Gasteiger charge is -2.22. The van der Waals surface area contributed by atoms with E-state index < -0.39 is 23.3 Å². The van der Waals surface area contributed by atoms with E-state index >= 15 is 0 Å². The van der Waals surface area contributed by atoms with Crippen molar-refractivity contribution in [3.8, 4) is 16.9 Å². The van der Waals surface area contributed by atoms with Crippen LogP contribution in [0.5, 0.6) is 5.75 Å². The number of hydrogen-bond donors (Lipinski definition) is 3. The number of hydrogen-bond acceptors (Lipinski definition) is 6. The van der Waals surface area contributed by atoms with Crippen molar-refractivity contribution >= 4 is 34.5 Å². The van der Waals surface area contributed by atoms with Gasteiger partial charge in [0.1, 0.15) is 22.7 Å². The van der Waals surface area contributed by atoms with Crippen LogP contribution in [0, 0.1) is 0 Å². The van der Waals surface area contributed by atoms with Crippen molar-refractivity contribution in [3.63, 3.8) is 0 Å². The summed E-state index contributed by atoms with van der Waals surface area (Å²) in [5.74, 6) is 0.939. The second-order valence-corrected chi connectivity index (χ2v) is 12.8. The van der Waals surface area contributed by atoms with Gasteiger partial charge in [-0.3, -0.25) is 9.36 Å². The van der Waals surface area contributed by atoms with Crippen molar-refractivity contribution in [1.29, 1.82) is 0 Å². The number of carbonyl (C=O) groups excluding carboxylic acids is 2. The fourth-order valence-corrected chi connectivity index (χ4v) is 5.38. The lowest BCUT2D eigenvalue weighted by Crippen LogP contribution is -2.34.